The highest BCUT2D eigenvalue weighted by molar-refractivity contribution is 7.90. The van der Waals surface area contributed by atoms with E-state index < -0.39 is 21.5 Å². The Morgan fingerprint density at radius 2 is 2.00 bits per heavy atom. The molecule has 1 unspecified atom stereocenters. The van der Waals surface area contributed by atoms with Crippen LogP contribution in [0.4, 0.5) is 8.78 Å². The molecule has 108 valence electrons. The van der Waals surface area contributed by atoms with E-state index in [1.54, 1.807) is 7.05 Å². The van der Waals surface area contributed by atoms with Gasteiger partial charge in [0, 0.05) is 24.1 Å². The standard InChI is InChI=1S/C13H19F2NO2S/c1-16-12(4-3-7-19(2,17)18)8-10-5-6-11(14)9-13(10)15/h5-6,9,12,16H,3-4,7-8H2,1-2H3. The van der Waals surface area contributed by atoms with Gasteiger partial charge >= 0.3 is 0 Å². The van der Waals surface area contributed by atoms with Gasteiger partial charge < -0.3 is 5.32 Å². The van der Waals surface area contributed by atoms with E-state index in [1.165, 1.54) is 18.4 Å². The molecule has 1 rings (SSSR count). The van der Waals surface area contributed by atoms with E-state index in [-0.39, 0.29) is 11.8 Å². The van der Waals surface area contributed by atoms with Gasteiger partial charge in [-0.15, -0.1) is 0 Å². The molecule has 1 atom stereocenters. The molecule has 0 aliphatic carbocycles. The molecule has 0 radical (unpaired) electrons. The lowest BCUT2D eigenvalue weighted by atomic mass is 10.0. The molecule has 0 saturated carbocycles. The molecular formula is C13H19F2NO2S. The normalized spacial score (nSPS) is 13.5. The number of rotatable bonds is 7. The first kappa shape index (κ1) is 16.0. The van der Waals surface area contributed by atoms with Gasteiger partial charge in [0.2, 0.25) is 0 Å². The highest BCUT2D eigenvalue weighted by Crippen LogP contribution is 2.13. The van der Waals surface area contributed by atoms with Crippen LogP contribution in [-0.2, 0) is 16.3 Å². The minimum Gasteiger partial charge on any atom is -0.317 e. The zero-order valence-corrected chi connectivity index (χ0v) is 11.9. The lowest BCUT2D eigenvalue weighted by molar-refractivity contribution is 0.494. The van der Waals surface area contributed by atoms with Gasteiger partial charge in [0.1, 0.15) is 21.5 Å². The van der Waals surface area contributed by atoms with E-state index in [0.717, 1.165) is 6.07 Å². The molecule has 3 nitrogen and oxygen atoms in total. The molecule has 1 aromatic carbocycles. The van der Waals surface area contributed by atoms with Crippen LogP contribution in [0.25, 0.3) is 0 Å². The lowest BCUT2D eigenvalue weighted by Crippen LogP contribution is -2.28. The van der Waals surface area contributed by atoms with Crippen LogP contribution in [0.1, 0.15) is 18.4 Å². The quantitative estimate of drug-likeness (QED) is 0.835. The van der Waals surface area contributed by atoms with Crippen molar-refractivity contribution in [1.82, 2.24) is 5.32 Å². The fourth-order valence-corrected chi connectivity index (χ4v) is 2.58. The Morgan fingerprint density at radius 1 is 1.32 bits per heavy atom. The fourth-order valence-electron chi connectivity index (χ4n) is 1.89. The first-order valence-electron chi connectivity index (χ1n) is 6.10. The highest BCUT2D eigenvalue weighted by atomic mass is 32.2. The van der Waals surface area contributed by atoms with E-state index >= 15 is 0 Å². The Bertz CT molecular complexity index is 517. The molecule has 0 heterocycles. The molecule has 19 heavy (non-hydrogen) atoms. The maximum atomic E-state index is 13.5. The lowest BCUT2D eigenvalue weighted by Gasteiger charge is -2.16. The number of halogens is 2. The van der Waals surface area contributed by atoms with E-state index in [0.29, 0.717) is 24.8 Å². The number of sulfone groups is 1. The summed E-state index contributed by atoms with van der Waals surface area (Å²) >= 11 is 0. The third kappa shape index (κ3) is 6.11. The fraction of sp³-hybridized carbons (Fsp3) is 0.538. The average molecular weight is 291 g/mol. The van der Waals surface area contributed by atoms with Gasteiger partial charge in [0.25, 0.3) is 0 Å². The summed E-state index contributed by atoms with van der Waals surface area (Å²) in [4.78, 5) is 0. The van der Waals surface area contributed by atoms with Crippen LogP contribution in [0.15, 0.2) is 18.2 Å². The number of likely N-dealkylation sites (N-methyl/N-ethyl adjacent to an activating group) is 1. The highest BCUT2D eigenvalue weighted by Gasteiger charge is 2.12. The molecule has 1 N–H and O–H groups in total. The summed E-state index contributed by atoms with van der Waals surface area (Å²) < 4.78 is 48.3. The summed E-state index contributed by atoms with van der Waals surface area (Å²) in [5.41, 5.74) is 0.431. The van der Waals surface area contributed by atoms with Crippen LogP contribution < -0.4 is 5.32 Å². The maximum Gasteiger partial charge on any atom is 0.147 e. The monoisotopic (exact) mass is 291 g/mol. The van der Waals surface area contributed by atoms with Gasteiger partial charge in [-0.25, -0.2) is 17.2 Å². The Hall–Kier alpha value is -1.01. The van der Waals surface area contributed by atoms with Gasteiger partial charge in [-0.2, -0.15) is 0 Å². The van der Waals surface area contributed by atoms with Crippen molar-refractivity contribution in [3.05, 3.63) is 35.4 Å². The molecule has 6 heteroatoms. The van der Waals surface area contributed by atoms with Crippen LogP contribution in [0.3, 0.4) is 0 Å². The van der Waals surface area contributed by atoms with Crippen molar-refractivity contribution < 1.29 is 17.2 Å². The van der Waals surface area contributed by atoms with Crippen molar-refractivity contribution >= 4 is 9.84 Å². The largest absolute Gasteiger partial charge is 0.317 e. The smallest absolute Gasteiger partial charge is 0.147 e. The van der Waals surface area contributed by atoms with Gasteiger partial charge in [-0.1, -0.05) is 6.07 Å². The molecule has 0 aliphatic rings. The van der Waals surface area contributed by atoms with E-state index in [9.17, 15) is 17.2 Å². The number of nitrogens with one attached hydrogen (secondary N) is 1. The van der Waals surface area contributed by atoms with E-state index in [1.807, 2.05) is 0 Å². The molecule has 0 aromatic heterocycles. The number of hydrogen-bond acceptors (Lipinski definition) is 3. The number of hydrogen-bond donors (Lipinski definition) is 1. The van der Waals surface area contributed by atoms with Crippen LogP contribution in [0.5, 0.6) is 0 Å². The third-order valence-corrected chi connectivity index (χ3v) is 3.99. The van der Waals surface area contributed by atoms with Crippen molar-refractivity contribution in [2.45, 2.75) is 25.3 Å². The van der Waals surface area contributed by atoms with E-state index in [2.05, 4.69) is 5.32 Å². The van der Waals surface area contributed by atoms with Crippen LogP contribution in [-0.4, -0.2) is 33.5 Å². The number of benzene rings is 1. The van der Waals surface area contributed by atoms with Crippen LogP contribution >= 0.6 is 0 Å². The zero-order valence-electron chi connectivity index (χ0n) is 11.1. The van der Waals surface area contributed by atoms with Crippen LogP contribution in [0.2, 0.25) is 0 Å². The van der Waals surface area contributed by atoms with Gasteiger partial charge in [0.05, 0.1) is 0 Å². The molecule has 0 fully saturated rings. The molecule has 0 bridgehead atoms. The minimum atomic E-state index is -2.97. The topological polar surface area (TPSA) is 46.2 Å². The first-order chi connectivity index (χ1) is 8.81. The summed E-state index contributed by atoms with van der Waals surface area (Å²) in [5.74, 6) is -1.04. The maximum absolute atomic E-state index is 13.5. The van der Waals surface area contributed by atoms with Gasteiger partial charge in [0.15, 0.2) is 0 Å². The summed E-state index contributed by atoms with van der Waals surface area (Å²) in [6, 6.07) is 3.48. The second-order valence-corrected chi connectivity index (χ2v) is 6.96. The van der Waals surface area contributed by atoms with Gasteiger partial charge in [-0.3, -0.25) is 0 Å². The van der Waals surface area contributed by atoms with Crippen molar-refractivity contribution in [1.29, 1.82) is 0 Å². The summed E-state index contributed by atoms with van der Waals surface area (Å²) in [5, 5.41) is 3.02. The molecule has 1 aromatic rings. The SMILES string of the molecule is CNC(CCCS(C)(=O)=O)Cc1ccc(F)cc1F. The zero-order chi connectivity index (χ0) is 14.5. The predicted octanol–water partition coefficient (Wildman–Crippen LogP) is 1.92. The average Bonchev–Trinajstić information content (AvgIpc) is 2.29. The summed E-state index contributed by atoms with van der Waals surface area (Å²) in [6.07, 6.45) is 2.75. The Kier molecular flexibility index (Phi) is 5.87. The van der Waals surface area contributed by atoms with Crippen molar-refractivity contribution in [2.24, 2.45) is 0 Å². The summed E-state index contributed by atoms with van der Waals surface area (Å²) in [7, 11) is -1.22. The second-order valence-electron chi connectivity index (χ2n) is 4.70. The third-order valence-electron chi connectivity index (χ3n) is 2.96. The summed E-state index contributed by atoms with van der Waals surface area (Å²) in [6.45, 7) is 0. The predicted molar refractivity (Wildman–Crippen MR) is 71.9 cm³/mol. The van der Waals surface area contributed by atoms with Crippen LogP contribution in [0, 0.1) is 11.6 Å². The van der Waals surface area contributed by atoms with Crippen molar-refractivity contribution in [2.75, 3.05) is 19.1 Å². The molecule has 0 amide bonds. The molecular weight excluding hydrogens is 272 g/mol. The molecule has 0 spiro atoms. The Labute approximate surface area is 112 Å². The van der Waals surface area contributed by atoms with Crippen molar-refractivity contribution in [3.63, 3.8) is 0 Å². The van der Waals surface area contributed by atoms with E-state index in [4.69, 9.17) is 0 Å². The molecule has 0 saturated heterocycles. The second kappa shape index (κ2) is 6.96. The van der Waals surface area contributed by atoms with Crippen molar-refractivity contribution in [3.8, 4) is 0 Å². The van der Waals surface area contributed by atoms with Gasteiger partial charge in [-0.05, 0) is 37.9 Å². The first-order valence-corrected chi connectivity index (χ1v) is 8.17. The molecule has 0 aliphatic heterocycles. The Balaban J connectivity index is 2.56. The Morgan fingerprint density at radius 3 is 2.53 bits per heavy atom. The minimum absolute atomic E-state index is 0.0262.